The highest BCUT2D eigenvalue weighted by Crippen LogP contribution is 2.25. The summed E-state index contributed by atoms with van der Waals surface area (Å²) in [4.78, 5) is 0.308. The van der Waals surface area contributed by atoms with Crippen LogP contribution in [0.3, 0.4) is 0 Å². The molecule has 2 nitrogen and oxygen atoms in total. The van der Waals surface area contributed by atoms with Crippen molar-refractivity contribution < 1.29 is 4.39 Å². The summed E-state index contributed by atoms with van der Waals surface area (Å²) in [6, 6.07) is 10.4. The molecular formula is C14H12BrFN2S. The molecule has 2 aromatic carbocycles. The number of benzene rings is 2. The zero-order valence-corrected chi connectivity index (χ0v) is 12.6. The quantitative estimate of drug-likeness (QED) is 0.820. The van der Waals surface area contributed by atoms with Crippen LogP contribution in [0.4, 0.5) is 15.8 Å². The molecule has 5 heteroatoms. The Labute approximate surface area is 124 Å². The molecule has 0 bridgehead atoms. The maximum Gasteiger partial charge on any atom is 0.126 e. The van der Waals surface area contributed by atoms with Gasteiger partial charge in [-0.25, -0.2) is 4.39 Å². The van der Waals surface area contributed by atoms with Crippen molar-refractivity contribution >= 4 is 44.5 Å². The smallest absolute Gasteiger partial charge is 0.126 e. The molecule has 0 aromatic heterocycles. The fourth-order valence-electron chi connectivity index (χ4n) is 1.71. The monoisotopic (exact) mass is 338 g/mol. The molecular weight excluding hydrogens is 327 g/mol. The summed E-state index contributed by atoms with van der Waals surface area (Å²) in [5.74, 6) is -0.226. The Balaban J connectivity index is 2.37. The van der Waals surface area contributed by atoms with Crippen molar-refractivity contribution in [2.75, 3.05) is 5.32 Å². The highest BCUT2D eigenvalue weighted by Gasteiger charge is 2.07. The number of aryl methyl sites for hydroxylation is 1. The van der Waals surface area contributed by atoms with E-state index in [0.29, 0.717) is 10.6 Å². The predicted molar refractivity (Wildman–Crippen MR) is 84.4 cm³/mol. The molecule has 2 aromatic rings. The lowest BCUT2D eigenvalue weighted by atomic mass is 10.1. The lowest BCUT2D eigenvalue weighted by Gasteiger charge is -2.12. The summed E-state index contributed by atoms with van der Waals surface area (Å²) >= 11 is 8.41. The molecule has 0 radical (unpaired) electrons. The van der Waals surface area contributed by atoms with Gasteiger partial charge in [0, 0.05) is 21.4 Å². The first-order valence-electron chi connectivity index (χ1n) is 5.60. The van der Waals surface area contributed by atoms with Crippen molar-refractivity contribution in [3.8, 4) is 0 Å². The van der Waals surface area contributed by atoms with Crippen molar-refractivity contribution in [3.63, 3.8) is 0 Å². The summed E-state index contributed by atoms with van der Waals surface area (Å²) in [5.41, 5.74) is 8.61. The van der Waals surface area contributed by atoms with Gasteiger partial charge in [0.2, 0.25) is 0 Å². The van der Waals surface area contributed by atoms with Crippen LogP contribution >= 0.6 is 28.1 Å². The van der Waals surface area contributed by atoms with Crippen LogP contribution in [0.15, 0.2) is 40.9 Å². The Bertz CT molecular complexity index is 643. The van der Waals surface area contributed by atoms with Crippen LogP contribution in [0.1, 0.15) is 11.1 Å². The van der Waals surface area contributed by atoms with E-state index in [0.717, 1.165) is 21.4 Å². The standard InChI is InChI=1S/C14H12BrFN2S/c1-8-6-10(3-4-12(8)16)18-13-5-2-9(15)7-11(13)14(17)19/h2-7,18H,1H3,(H2,17,19). The van der Waals surface area contributed by atoms with Gasteiger partial charge in [0.15, 0.2) is 0 Å². The number of hydrogen-bond donors (Lipinski definition) is 2. The van der Waals surface area contributed by atoms with Gasteiger partial charge >= 0.3 is 0 Å². The number of rotatable bonds is 3. The molecule has 2 rings (SSSR count). The topological polar surface area (TPSA) is 38.0 Å². The van der Waals surface area contributed by atoms with Gasteiger partial charge in [-0.1, -0.05) is 28.1 Å². The second kappa shape index (κ2) is 5.67. The summed E-state index contributed by atoms with van der Waals surface area (Å²) in [7, 11) is 0. The van der Waals surface area contributed by atoms with E-state index in [-0.39, 0.29) is 5.82 Å². The molecule has 0 amide bonds. The van der Waals surface area contributed by atoms with Gasteiger partial charge in [0.05, 0.1) is 0 Å². The average molecular weight is 339 g/mol. The third-order valence-corrected chi connectivity index (χ3v) is 3.40. The molecule has 98 valence electrons. The molecule has 0 unspecified atom stereocenters. The second-order valence-corrected chi connectivity index (χ2v) is 5.50. The lowest BCUT2D eigenvalue weighted by molar-refractivity contribution is 0.619. The molecule has 0 aliphatic rings. The van der Waals surface area contributed by atoms with Crippen molar-refractivity contribution in [2.24, 2.45) is 5.73 Å². The van der Waals surface area contributed by atoms with E-state index in [1.54, 1.807) is 19.1 Å². The Morgan fingerprint density at radius 1 is 1.26 bits per heavy atom. The molecule has 0 spiro atoms. The van der Waals surface area contributed by atoms with Crippen molar-refractivity contribution in [3.05, 3.63) is 57.8 Å². The largest absolute Gasteiger partial charge is 0.389 e. The number of anilines is 2. The van der Waals surface area contributed by atoms with Gasteiger partial charge in [0.25, 0.3) is 0 Å². The van der Waals surface area contributed by atoms with E-state index in [1.165, 1.54) is 6.07 Å². The van der Waals surface area contributed by atoms with E-state index >= 15 is 0 Å². The van der Waals surface area contributed by atoms with Gasteiger partial charge in [-0.05, 0) is 48.9 Å². The van der Waals surface area contributed by atoms with Gasteiger partial charge < -0.3 is 11.1 Å². The summed E-state index contributed by atoms with van der Waals surface area (Å²) < 4.78 is 14.1. The van der Waals surface area contributed by atoms with Gasteiger partial charge in [-0.2, -0.15) is 0 Å². The number of hydrogen-bond acceptors (Lipinski definition) is 2. The molecule has 0 heterocycles. The van der Waals surface area contributed by atoms with Crippen LogP contribution in [0.2, 0.25) is 0 Å². The minimum Gasteiger partial charge on any atom is -0.389 e. The Morgan fingerprint density at radius 3 is 2.63 bits per heavy atom. The SMILES string of the molecule is Cc1cc(Nc2ccc(Br)cc2C(N)=S)ccc1F. The Morgan fingerprint density at radius 2 is 2.00 bits per heavy atom. The molecule has 0 fully saturated rings. The number of thiocarbonyl (C=S) groups is 1. The lowest BCUT2D eigenvalue weighted by Crippen LogP contribution is -2.12. The third-order valence-electron chi connectivity index (χ3n) is 2.68. The maximum absolute atomic E-state index is 13.2. The van der Waals surface area contributed by atoms with Crippen molar-refractivity contribution in [2.45, 2.75) is 6.92 Å². The molecule has 0 atom stereocenters. The van der Waals surface area contributed by atoms with E-state index in [4.69, 9.17) is 18.0 Å². The maximum atomic E-state index is 13.2. The second-order valence-electron chi connectivity index (χ2n) is 4.14. The number of nitrogens with two attached hydrogens (primary N) is 1. The van der Waals surface area contributed by atoms with Crippen LogP contribution in [0, 0.1) is 12.7 Å². The van der Waals surface area contributed by atoms with Crippen LogP contribution < -0.4 is 11.1 Å². The van der Waals surface area contributed by atoms with E-state index < -0.39 is 0 Å². The molecule has 3 N–H and O–H groups in total. The first-order valence-corrected chi connectivity index (χ1v) is 6.80. The molecule has 19 heavy (non-hydrogen) atoms. The molecule has 0 aliphatic carbocycles. The van der Waals surface area contributed by atoms with Crippen molar-refractivity contribution in [1.29, 1.82) is 0 Å². The fourth-order valence-corrected chi connectivity index (χ4v) is 2.24. The highest BCUT2D eigenvalue weighted by molar-refractivity contribution is 9.10. The Hall–Kier alpha value is -1.46. The molecule has 0 aliphatic heterocycles. The van der Waals surface area contributed by atoms with Crippen LogP contribution in [0.5, 0.6) is 0 Å². The molecule has 0 saturated carbocycles. The number of halogens is 2. The minimum absolute atomic E-state index is 0.226. The summed E-state index contributed by atoms with van der Waals surface area (Å²) in [6.45, 7) is 1.72. The fraction of sp³-hybridized carbons (Fsp3) is 0.0714. The third kappa shape index (κ3) is 3.30. The molecule has 0 saturated heterocycles. The number of nitrogens with one attached hydrogen (secondary N) is 1. The first-order chi connectivity index (χ1) is 8.97. The van der Waals surface area contributed by atoms with Gasteiger partial charge in [-0.3, -0.25) is 0 Å². The first kappa shape index (κ1) is 14.0. The predicted octanol–water partition coefficient (Wildman–Crippen LogP) is 4.27. The van der Waals surface area contributed by atoms with Gasteiger partial charge in [0.1, 0.15) is 10.8 Å². The minimum atomic E-state index is -0.226. The van der Waals surface area contributed by atoms with Crippen LogP contribution in [-0.4, -0.2) is 4.99 Å². The summed E-state index contributed by atoms with van der Waals surface area (Å²) in [6.07, 6.45) is 0. The zero-order valence-electron chi connectivity index (χ0n) is 10.2. The van der Waals surface area contributed by atoms with E-state index in [1.807, 2.05) is 18.2 Å². The highest BCUT2D eigenvalue weighted by atomic mass is 79.9. The van der Waals surface area contributed by atoms with Crippen molar-refractivity contribution in [1.82, 2.24) is 0 Å². The zero-order chi connectivity index (χ0) is 14.0. The van der Waals surface area contributed by atoms with Crippen LogP contribution in [0.25, 0.3) is 0 Å². The Kier molecular flexibility index (Phi) is 4.17. The van der Waals surface area contributed by atoms with E-state index in [9.17, 15) is 4.39 Å². The van der Waals surface area contributed by atoms with Crippen LogP contribution in [-0.2, 0) is 0 Å². The average Bonchev–Trinajstić information content (AvgIpc) is 2.36. The van der Waals surface area contributed by atoms with Gasteiger partial charge in [-0.15, -0.1) is 0 Å². The normalized spacial score (nSPS) is 10.3. The van der Waals surface area contributed by atoms with E-state index in [2.05, 4.69) is 21.2 Å². The summed E-state index contributed by atoms with van der Waals surface area (Å²) in [5, 5.41) is 3.19.